The number of aliphatic imine (C=N–C) groups is 1. The van der Waals surface area contributed by atoms with E-state index in [9.17, 15) is 52.7 Å². The van der Waals surface area contributed by atoms with Gasteiger partial charge in [-0.15, -0.1) is 0 Å². The second kappa shape index (κ2) is 32.1. The molecule has 26 heteroatoms. The number of hydrogen-bond acceptors (Lipinski definition) is 13. The Labute approximate surface area is 378 Å². The van der Waals surface area contributed by atoms with Crippen LogP contribution in [0.2, 0.25) is 0 Å². The van der Waals surface area contributed by atoms with Gasteiger partial charge in [0.1, 0.15) is 30.2 Å². The number of nitrogens with two attached hydrogens (primary N) is 4. The van der Waals surface area contributed by atoms with E-state index in [2.05, 4.69) is 58.2 Å². The van der Waals surface area contributed by atoms with E-state index in [4.69, 9.17) is 22.9 Å². The molecule has 0 spiro atoms. The number of rotatable bonds is 32. The Morgan fingerprint density at radius 1 is 0.462 bits per heavy atom. The summed E-state index contributed by atoms with van der Waals surface area (Å²) in [5.41, 5.74) is 21.4. The molecule has 0 aliphatic rings. The molecule has 26 nitrogen and oxygen atoms in total. The van der Waals surface area contributed by atoms with E-state index in [0.29, 0.717) is 25.8 Å². The third-order valence-electron chi connectivity index (χ3n) is 8.89. The number of primary amides is 1. The summed E-state index contributed by atoms with van der Waals surface area (Å²) in [7, 11) is 0. The Hall–Kier alpha value is -6.60. The second-order valence-electron chi connectivity index (χ2n) is 15.9. The summed E-state index contributed by atoms with van der Waals surface area (Å²) < 4.78 is 0. The SMILES string of the molecule is CC(=O)N[C@@H](CCCN=C(N)N)C(=O)NCC(=O)N[C@@H](C)C(=O)NCC(=O)NCC(=O)N[C@@H](CC(C)C)C(=O)NCC(=O)N[C@@H](CC(C)C)C(=O)NCC(=O)N[C@@H](CCCCN)C(N)=O. The van der Waals surface area contributed by atoms with Crippen molar-refractivity contribution in [2.24, 2.45) is 39.8 Å². The van der Waals surface area contributed by atoms with Gasteiger partial charge in [0.15, 0.2) is 5.96 Å². The summed E-state index contributed by atoms with van der Waals surface area (Å²) in [5, 5.41) is 24.2. The van der Waals surface area contributed by atoms with Gasteiger partial charge in [-0.1, -0.05) is 27.7 Å². The molecule has 0 heterocycles. The van der Waals surface area contributed by atoms with Gasteiger partial charge in [0, 0.05) is 13.5 Å². The van der Waals surface area contributed by atoms with Crippen molar-refractivity contribution in [3.8, 4) is 0 Å². The fourth-order valence-corrected chi connectivity index (χ4v) is 5.73. The zero-order chi connectivity index (χ0) is 49.6. The van der Waals surface area contributed by atoms with Crippen LogP contribution in [0.4, 0.5) is 0 Å². The Bertz CT molecular complexity index is 1670. The van der Waals surface area contributed by atoms with Crippen molar-refractivity contribution in [2.75, 3.05) is 45.8 Å². The first-order valence-electron chi connectivity index (χ1n) is 21.3. The van der Waals surface area contributed by atoms with Crippen molar-refractivity contribution < 1.29 is 52.7 Å². The lowest BCUT2D eigenvalue weighted by Crippen LogP contribution is -2.54. The maximum absolute atomic E-state index is 13.1. The smallest absolute Gasteiger partial charge is 0.243 e. The minimum atomic E-state index is -1.14. The van der Waals surface area contributed by atoms with Crippen LogP contribution in [-0.2, 0) is 52.7 Å². The van der Waals surface area contributed by atoms with Gasteiger partial charge in [-0.3, -0.25) is 57.7 Å². The third kappa shape index (κ3) is 28.7. The highest BCUT2D eigenvalue weighted by Crippen LogP contribution is 2.07. The zero-order valence-electron chi connectivity index (χ0n) is 38.2. The zero-order valence-corrected chi connectivity index (χ0v) is 38.2. The quantitative estimate of drug-likeness (QED) is 0.0170. The van der Waals surface area contributed by atoms with Gasteiger partial charge in [0.25, 0.3) is 0 Å². The van der Waals surface area contributed by atoms with Gasteiger partial charge in [0.2, 0.25) is 65.0 Å². The molecule has 0 fully saturated rings. The molecule has 11 amide bonds. The van der Waals surface area contributed by atoms with Crippen molar-refractivity contribution in [1.29, 1.82) is 0 Å². The van der Waals surface area contributed by atoms with Crippen LogP contribution in [0.5, 0.6) is 0 Å². The maximum atomic E-state index is 13.1. The van der Waals surface area contributed by atoms with E-state index in [1.54, 1.807) is 13.8 Å². The lowest BCUT2D eigenvalue weighted by molar-refractivity contribution is -0.133. The molecule has 0 rings (SSSR count). The summed E-state index contributed by atoms with van der Waals surface area (Å²) in [6.45, 7) is 7.61. The first-order chi connectivity index (χ1) is 30.4. The van der Waals surface area contributed by atoms with E-state index in [1.165, 1.54) is 13.8 Å². The van der Waals surface area contributed by atoms with Crippen LogP contribution >= 0.6 is 0 Å². The molecule has 0 unspecified atom stereocenters. The highest BCUT2D eigenvalue weighted by atomic mass is 16.2. The van der Waals surface area contributed by atoms with Crippen LogP contribution < -0.4 is 76.1 Å². The van der Waals surface area contributed by atoms with E-state index >= 15 is 0 Å². The van der Waals surface area contributed by atoms with Crippen LogP contribution in [0.25, 0.3) is 0 Å². The van der Waals surface area contributed by atoms with Crippen molar-refractivity contribution >= 4 is 70.9 Å². The molecule has 0 aromatic heterocycles. The summed E-state index contributed by atoms with van der Waals surface area (Å²) in [4.78, 5) is 141. The number of carbonyl (C=O) groups excluding carboxylic acids is 11. The third-order valence-corrected chi connectivity index (χ3v) is 8.89. The standard InChI is InChI=1S/C39H71N15O11/c1-21(2)14-27(37(64)49-20-33(60)54-28(15-22(3)4)38(65)48-19-32(59)52-25(34(41)61)10-7-8-12-40)53-31(58)17-45-29(56)16-46-35(62)23(5)50-30(57)18-47-36(63)26(51-24(6)55)11-9-13-44-39(42)43/h21-23,25-28H,7-20,40H2,1-6H3,(H2,41,61)(H,45,56)(H,46,62)(H,47,63)(H,48,65)(H,49,64)(H,50,57)(H,51,55)(H,52,59)(H,53,58)(H,54,60)(H4,42,43,44)/t23-,25-,26-,27-,28-/m0/s1. The molecule has 0 radical (unpaired) electrons. The Kier molecular flexibility index (Phi) is 28.9. The summed E-state index contributed by atoms with van der Waals surface area (Å²) >= 11 is 0. The van der Waals surface area contributed by atoms with Crippen molar-refractivity contribution in [3.63, 3.8) is 0 Å². The fourth-order valence-electron chi connectivity index (χ4n) is 5.73. The van der Waals surface area contributed by atoms with Crippen molar-refractivity contribution in [2.45, 2.75) is 117 Å². The molecule has 0 aromatic rings. The average molecular weight is 926 g/mol. The minimum Gasteiger partial charge on any atom is -0.370 e. The predicted octanol–water partition coefficient (Wildman–Crippen LogP) is -6.21. The van der Waals surface area contributed by atoms with Gasteiger partial charge in [0.05, 0.1) is 32.7 Å². The largest absolute Gasteiger partial charge is 0.370 e. The van der Waals surface area contributed by atoms with Gasteiger partial charge < -0.3 is 76.1 Å². The molecule has 18 N–H and O–H groups in total. The van der Waals surface area contributed by atoms with Crippen molar-refractivity contribution in [3.05, 3.63) is 0 Å². The molecule has 0 aromatic carbocycles. The van der Waals surface area contributed by atoms with E-state index in [-0.39, 0.29) is 50.0 Å². The lowest BCUT2D eigenvalue weighted by atomic mass is 10.0. The van der Waals surface area contributed by atoms with Crippen LogP contribution in [0, 0.1) is 11.8 Å². The molecular formula is C39H71N15O11. The number of hydrogen-bond donors (Lipinski definition) is 14. The number of nitrogens with zero attached hydrogens (tertiary/aromatic N) is 1. The average Bonchev–Trinajstić information content (AvgIpc) is 3.21. The number of guanidine groups is 1. The van der Waals surface area contributed by atoms with Gasteiger partial charge in [-0.25, -0.2) is 0 Å². The molecule has 0 saturated heterocycles. The van der Waals surface area contributed by atoms with Gasteiger partial charge in [-0.05, 0) is 70.3 Å². The molecule has 5 atom stereocenters. The maximum Gasteiger partial charge on any atom is 0.243 e. The van der Waals surface area contributed by atoms with Gasteiger partial charge >= 0.3 is 0 Å². The normalized spacial score (nSPS) is 13.0. The number of amides is 11. The fraction of sp³-hybridized carbons (Fsp3) is 0.692. The molecular weight excluding hydrogens is 855 g/mol. The molecule has 0 bridgehead atoms. The molecule has 368 valence electrons. The summed E-state index contributed by atoms with van der Waals surface area (Å²) in [6, 6.07) is -5.26. The lowest BCUT2D eigenvalue weighted by Gasteiger charge is -2.22. The Morgan fingerprint density at radius 3 is 1.29 bits per heavy atom. The summed E-state index contributed by atoms with van der Waals surface area (Å²) in [5.74, 6) is -8.00. The van der Waals surface area contributed by atoms with E-state index in [1.807, 2.05) is 13.8 Å². The van der Waals surface area contributed by atoms with E-state index in [0.717, 1.165) is 0 Å². The number of carbonyl (C=O) groups is 11. The molecule has 0 saturated carbocycles. The minimum absolute atomic E-state index is 0.0681. The summed E-state index contributed by atoms with van der Waals surface area (Å²) in [6.07, 6.45) is 2.33. The molecule has 0 aliphatic heterocycles. The van der Waals surface area contributed by atoms with Crippen LogP contribution in [-0.4, -0.2) is 147 Å². The topological polar surface area (TPSA) is 425 Å². The van der Waals surface area contributed by atoms with Crippen LogP contribution in [0.3, 0.4) is 0 Å². The van der Waals surface area contributed by atoms with Crippen LogP contribution in [0.1, 0.15) is 86.5 Å². The number of nitrogens with one attached hydrogen (secondary N) is 10. The molecule has 0 aliphatic carbocycles. The monoisotopic (exact) mass is 926 g/mol. The van der Waals surface area contributed by atoms with Gasteiger partial charge in [-0.2, -0.15) is 0 Å². The first kappa shape index (κ1) is 58.4. The highest BCUT2D eigenvalue weighted by Gasteiger charge is 2.27. The van der Waals surface area contributed by atoms with Crippen molar-refractivity contribution in [1.82, 2.24) is 53.2 Å². The Morgan fingerprint density at radius 2 is 0.862 bits per heavy atom. The van der Waals surface area contributed by atoms with Crippen LogP contribution in [0.15, 0.2) is 4.99 Å². The predicted molar refractivity (Wildman–Crippen MR) is 237 cm³/mol. The van der Waals surface area contributed by atoms with E-state index < -0.39 is 128 Å². The highest BCUT2D eigenvalue weighted by molar-refractivity contribution is 5.96. The Balaban J connectivity index is 5.01. The molecule has 65 heavy (non-hydrogen) atoms. The second-order valence-corrected chi connectivity index (χ2v) is 15.9. The first-order valence-corrected chi connectivity index (χ1v) is 21.3. The number of unbranched alkanes of at least 4 members (excludes halogenated alkanes) is 1.